The van der Waals surface area contributed by atoms with Crippen LogP contribution in [-0.2, 0) is 9.53 Å². The number of aliphatic carboxylic acids is 1. The third-order valence-electron chi connectivity index (χ3n) is 5.93. The van der Waals surface area contributed by atoms with E-state index in [1.54, 1.807) is 31.2 Å². The number of rotatable bonds is 9. The molecule has 4 rings (SSSR count). The van der Waals surface area contributed by atoms with Crippen LogP contribution in [0, 0.1) is 17.2 Å². The number of nitrogens with zero attached hydrogens (tertiary/aromatic N) is 2. The van der Waals surface area contributed by atoms with Crippen LogP contribution in [-0.4, -0.2) is 34.3 Å². The molecule has 0 bridgehead atoms. The minimum atomic E-state index is -1.07. The first-order chi connectivity index (χ1) is 17.8. The van der Waals surface area contributed by atoms with Gasteiger partial charge in [-0.15, -0.1) is 0 Å². The Labute approximate surface area is 217 Å². The van der Waals surface area contributed by atoms with Gasteiger partial charge in [-0.3, -0.25) is 10.1 Å². The molecule has 1 aliphatic rings. The summed E-state index contributed by atoms with van der Waals surface area (Å²) in [4.78, 5) is 36.6. The van der Waals surface area contributed by atoms with Crippen molar-refractivity contribution < 1.29 is 28.8 Å². The van der Waals surface area contributed by atoms with Crippen molar-refractivity contribution in [3.05, 3.63) is 70.4 Å². The predicted octanol–water partition coefficient (Wildman–Crippen LogP) is 5.16. The second-order valence-corrected chi connectivity index (χ2v) is 9.07. The number of benzene rings is 2. The standard InChI is InChI=1S/C26H23ClN4O6/c1-14(18-4-2-3-5-19(18)27)36-26(35)30-22-21(13-28)31-37-23(22)16-8-10-17(11-9-16)24(32)29-20(25(33)34)12-15-6-7-15/h2-5,8-11,14-15,20H,6-7,12H2,1H3,(H,29,32)(H,30,35)(H,33,34). The van der Waals surface area contributed by atoms with Gasteiger partial charge in [0.15, 0.2) is 5.76 Å². The lowest BCUT2D eigenvalue weighted by Crippen LogP contribution is -2.41. The summed E-state index contributed by atoms with van der Waals surface area (Å²) >= 11 is 6.16. The summed E-state index contributed by atoms with van der Waals surface area (Å²) in [5.41, 5.74) is 1.12. The Morgan fingerprint density at radius 3 is 2.54 bits per heavy atom. The Morgan fingerprint density at radius 2 is 1.92 bits per heavy atom. The molecule has 0 aliphatic heterocycles. The lowest BCUT2D eigenvalue weighted by Gasteiger charge is -2.15. The number of ether oxygens (including phenoxy) is 1. The second-order valence-electron chi connectivity index (χ2n) is 8.66. The molecule has 190 valence electrons. The first kappa shape index (κ1) is 25.7. The summed E-state index contributed by atoms with van der Waals surface area (Å²) in [6.07, 6.45) is 0.821. The molecule has 11 heteroatoms. The van der Waals surface area contributed by atoms with Gasteiger partial charge < -0.3 is 19.7 Å². The van der Waals surface area contributed by atoms with Crippen molar-refractivity contribution in [2.45, 2.75) is 38.3 Å². The average molecular weight is 523 g/mol. The number of amides is 2. The highest BCUT2D eigenvalue weighted by molar-refractivity contribution is 6.31. The van der Waals surface area contributed by atoms with Crippen molar-refractivity contribution >= 4 is 35.3 Å². The van der Waals surface area contributed by atoms with E-state index in [4.69, 9.17) is 20.9 Å². The summed E-state index contributed by atoms with van der Waals surface area (Å²) < 4.78 is 10.7. The number of hydrogen-bond acceptors (Lipinski definition) is 7. The highest BCUT2D eigenvalue weighted by atomic mass is 35.5. The lowest BCUT2D eigenvalue weighted by molar-refractivity contribution is -0.139. The van der Waals surface area contributed by atoms with Gasteiger partial charge >= 0.3 is 12.1 Å². The van der Waals surface area contributed by atoms with Gasteiger partial charge in [-0.05, 0) is 37.5 Å². The average Bonchev–Trinajstić information content (AvgIpc) is 3.61. The zero-order valence-electron chi connectivity index (χ0n) is 19.7. The van der Waals surface area contributed by atoms with Crippen LogP contribution in [0.2, 0.25) is 5.02 Å². The molecular weight excluding hydrogens is 500 g/mol. The third kappa shape index (κ3) is 6.26. The summed E-state index contributed by atoms with van der Waals surface area (Å²) in [6.45, 7) is 1.66. The predicted molar refractivity (Wildman–Crippen MR) is 133 cm³/mol. The van der Waals surface area contributed by atoms with Gasteiger partial charge in [0.05, 0.1) is 0 Å². The molecule has 10 nitrogen and oxygen atoms in total. The SMILES string of the molecule is CC(OC(=O)Nc1c(C#N)noc1-c1ccc(C(=O)NC(CC2CC2)C(=O)O)cc1)c1ccccc1Cl. The summed E-state index contributed by atoms with van der Waals surface area (Å²) in [5.74, 6) is -1.18. The molecule has 0 saturated heterocycles. The monoisotopic (exact) mass is 522 g/mol. The molecule has 1 heterocycles. The normalized spacial score (nSPS) is 14.2. The zero-order chi connectivity index (χ0) is 26.5. The topological polar surface area (TPSA) is 155 Å². The van der Waals surface area contributed by atoms with Crippen LogP contribution in [0.4, 0.5) is 10.5 Å². The largest absolute Gasteiger partial charge is 0.480 e. The van der Waals surface area contributed by atoms with E-state index >= 15 is 0 Å². The fraction of sp³-hybridized carbons (Fsp3) is 0.269. The fourth-order valence-electron chi connectivity index (χ4n) is 3.76. The number of carbonyl (C=O) groups is 3. The minimum absolute atomic E-state index is 0.00596. The van der Waals surface area contributed by atoms with Gasteiger partial charge in [0.25, 0.3) is 5.91 Å². The van der Waals surface area contributed by atoms with Crippen molar-refractivity contribution in [2.75, 3.05) is 5.32 Å². The molecule has 2 unspecified atom stereocenters. The first-order valence-corrected chi connectivity index (χ1v) is 11.9. The summed E-state index contributed by atoms with van der Waals surface area (Å²) in [6, 6.07) is 13.9. The summed E-state index contributed by atoms with van der Waals surface area (Å²) in [5, 5.41) is 28.0. The van der Waals surface area contributed by atoms with Crippen LogP contribution >= 0.6 is 11.6 Å². The van der Waals surface area contributed by atoms with Gasteiger partial charge in [0.1, 0.15) is 23.9 Å². The molecule has 1 saturated carbocycles. The molecule has 0 spiro atoms. The minimum Gasteiger partial charge on any atom is -0.480 e. The molecule has 2 atom stereocenters. The molecule has 37 heavy (non-hydrogen) atoms. The second kappa shape index (κ2) is 11.1. The van der Waals surface area contributed by atoms with Gasteiger partial charge in [-0.2, -0.15) is 5.26 Å². The lowest BCUT2D eigenvalue weighted by atomic mass is 10.1. The quantitative estimate of drug-likeness (QED) is 0.348. The van der Waals surface area contributed by atoms with Crippen molar-refractivity contribution in [2.24, 2.45) is 5.92 Å². The Kier molecular flexibility index (Phi) is 7.74. The van der Waals surface area contributed by atoms with Gasteiger partial charge in [-0.25, -0.2) is 9.59 Å². The van der Waals surface area contributed by atoms with E-state index < -0.39 is 30.1 Å². The van der Waals surface area contributed by atoms with E-state index in [0.717, 1.165) is 12.8 Å². The fourth-order valence-corrected chi connectivity index (χ4v) is 4.05. The number of carboxylic acids is 1. The van der Waals surface area contributed by atoms with Gasteiger partial charge in [-0.1, -0.05) is 59.9 Å². The Balaban J connectivity index is 1.47. The number of nitrogens with one attached hydrogen (secondary N) is 2. The number of aromatic nitrogens is 1. The van der Waals surface area contributed by atoms with Crippen molar-refractivity contribution in [3.8, 4) is 17.4 Å². The first-order valence-electron chi connectivity index (χ1n) is 11.5. The molecule has 0 radical (unpaired) electrons. The number of carbonyl (C=O) groups excluding carboxylic acids is 2. The van der Waals surface area contributed by atoms with E-state index in [1.807, 2.05) is 6.07 Å². The number of halogens is 1. The summed E-state index contributed by atoms with van der Waals surface area (Å²) in [7, 11) is 0. The number of nitriles is 1. The molecule has 3 N–H and O–H groups in total. The third-order valence-corrected chi connectivity index (χ3v) is 6.27. The molecule has 2 aromatic carbocycles. The molecule has 1 aromatic heterocycles. The van der Waals surface area contributed by atoms with Crippen LogP contribution in [0.3, 0.4) is 0 Å². The van der Waals surface area contributed by atoms with Crippen LogP contribution in [0.5, 0.6) is 0 Å². The Hall–Kier alpha value is -4.36. The number of hydrogen-bond donors (Lipinski definition) is 3. The highest BCUT2D eigenvalue weighted by Crippen LogP contribution is 2.34. The van der Waals surface area contributed by atoms with Crippen LogP contribution in [0.25, 0.3) is 11.3 Å². The van der Waals surface area contributed by atoms with Crippen molar-refractivity contribution in [3.63, 3.8) is 0 Å². The van der Waals surface area contributed by atoms with E-state index in [0.29, 0.717) is 28.5 Å². The maximum absolute atomic E-state index is 12.6. The number of anilines is 1. The molecular formula is C26H23ClN4O6. The number of carboxylic acid groups (broad SMARTS) is 1. The van der Waals surface area contributed by atoms with Crippen molar-refractivity contribution in [1.82, 2.24) is 10.5 Å². The molecule has 3 aromatic rings. The van der Waals surface area contributed by atoms with E-state index in [-0.39, 0.29) is 22.7 Å². The van der Waals surface area contributed by atoms with Crippen LogP contribution in [0.15, 0.2) is 53.1 Å². The van der Waals surface area contributed by atoms with Crippen LogP contribution < -0.4 is 10.6 Å². The Morgan fingerprint density at radius 1 is 1.22 bits per heavy atom. The van der Waals surface area contributed by atoms with Gasteiger partial charge in [0.2, 0.25) is 5.69 Å². The van der Waals surface area contributed by atoms with Crippen molar-refractivity contribution in [1.29, 1.82) is 5.26 Å². The van der Waals surface area contributed by atoms with E-state index in [2.05, 4.69) is 15.8 Å². The maximum Gasteiger partial charge on any atom is 0.412 e. The van der Waals surface area contributed by atoms with Crippen LogP contribution in [0.1, 0.15) is 53.9 Å². The van der Waals surface area contributed by atoms with E-state index in [1.165, 1.54) is 24.3 Å². The highest BCUT2D eigenvalue weighted by Gasteiger charge is 2.30. The Bertz CT molecular complexity index is 1360. The molecule has 1 fully saturated rings. The maximum atomic E-state index is 12.6. The van der Waals surface area contributed by atoms with E-state index in [9.17, 15) is 24.8 Å². The zero-order valence-corrected chi connectivity index (χ0v) is 20.5. The van der Waals surface area contributed by atoms with Gasteiger partial charge in [0, 0.05) is 21.7 Å². The molecule has 2 amide bonds. The smallest absolute Gasteiger partial charge is 0.412 e. The molecule has 1 aliphatic carbocycles.